The molecule has 2 aromatic heterocycles. The van der Waals surface area contributed by atoms with Gasteiger partial charge < -0.3 is 14.6 Å². The number of rotatable bonds is 3. The zero-order chi connectivity index (χ0) is 22.2. The predicted molar refractivity (Wildman–Crippen MR) is 129 cm³/mol. The molecule has 1 unspecified atom stereocenters. The Bertz CT molecular complexity index is 1410. The van der Waals surface area contributed by atoms with Gasteiger partial charge in [-0.15, -0.1) is 11.3 Å². The number of pyridine rings is 1. The topological polar surface area (TPSA) is 68.5 Å². The van der Waals surface area contributed by atoms with Gasteiger partial charge in [-0.1, -0.05) is 24.3 Å². The van der Waals surface area contributed by atoms with Crippen LogP contribution < -0.4 is 14.9 Å². The first kappa shape index (κ1) is 19.9. The molecule has 0 saturated heterocycles. The third-order valence-electron chi connectivity index (χ3n) is 6.17. The first-order valence-corrected chi connectivity index (χ1v) is 11.9. The fraction of sp³-hybridized carbons (Fsp3) is 0.192. The lowest BCUT2D eigenvalue weighted by atomic mass is 9.87. The van der Waals surface area contributed by atoms with Crippen LogP contribution >= 0.6 is 11.3 Å². The van der Waals surface area contributed by atoms with Crippen LogP contribution in [-0.2, 0) is 11.2 Å². The molecular weight excluding hydrogens is 432 g/mol. The predicted octanol–water partition coefficient (Wildman–Crippen LogP) is 5.10. The van der Waals surface area contributed by atoms with E-state index in [1.54, 1.807) is 23.7 Å². The SMILES string of the molecule is O=C1COc2ccc(-c3csc(=Nc4cccnc4)n3C3CCCc4ccccc43)cc2N1. The summed E-state index contributed by atoms with van der Waals surface area (Å²) in [5, 5.41) is 5.08. The Morgan fingerprint density at radius 2 is 2.09 bits per heavy atom. The summed E-state index contributed by atoms with van der Waals surface area (Å²) < 4.78 is 7.91. The Morgan fingerprint density at radius 1 is 1.15 bits per heavy atom. The van der Waals surface area contributed by atoms with Gasteiger partial charge in [-0.3, -0.25) is 9.78 Å². The summed E-state index contributed by atoms with van der Waals surface area (Å²) in [6, 6.07) is 18.7. The van der Waals surface area contributed by atoms with Crippen LogP contribution in [0.1, 0.15) is 30.0 Å². The molecule has 2 aliphatic rings. The number of benzene rings is 2. The van der Waals surface area contributed by atoms with Gasteiger partial charge in [0.25, 0.3) is 5.91 Å². The lowest BCUT2D eigenvalue weighted by Crippen LogP contribution is -2.26. The van der Waals surface area contributed by atoms with Crippen molar-refractivity contribution in [2.75, 3.05) is 11.9 Å². The maximum Gasteiger partial charge on any atom is 0.262 e. The molecule has 2 aromatic carbocycles. The Labute approximate surface area is 195 Å². The monoisotopic (exact) mass is 454 g/mol. The van der Waals surface area contributed by atoms with Crippen LogP contribution in [0, 0.1) is 0 Å². The van der Waals surface area contributed by atoms with Crippen LogP contribution in [0.5, 0.6) is 5.75 Å². The second-order valence-corrected chi connectivity index (χ2v) is 9.09. The van der Waals surface area contributed by atoms with Gasteiger partial charge in [0.2, 0.25) is 0 Å². The minimum Gasteiger partial charge on any atom is -0.482 e. The Hall–Kier alpha value is -3.71. The molecule has 1 atom stereocenters. The van der Waals surface area contributed by atoms with Gasteiger partial charge >= 0.3 is 0 Å². The Kier molecular flexibility index (Phi) is 5.03. The number of hydrogen-bond acceptors (Lipinski definition) is 5. The first-order chi connectivity index (χ1) is 16.3. The van der Waals surface area contributed by atoms with E-state index in [9.17, 15) is 4.79 Å². The Balaban J connectivity index is 1.55. The normalized spacial score (nSPS) is 17.6. The molecule has 1 amide bonds. The van der Waals surface area contributed by atoms with Crippen LogP contribution in [0.4, 0.5) is 11.4 Å². The molecule has 4 aromatic rings. The van der Waals surface area contributed by atoms with E-state index >= 15 is 0 Å². The van der Waals surface area contributed by atoms with E-state index in [-0.39, 0.29) is 18.6 Å². The molecule has 0 radical (unpaired) electrons. The van der Waals surface area contributed by atoms with Gasteiger partial charge in [0.05, 0.1) is 29.3 Å². The van der Waals surface area contributed by atoms with Gasteiger partial charge in [0, 0.05) is 17.1 Å². The molecule has 7 heteroatoms. The summed E-state index contributed by atoms with van der Waals surface area (Å²) in [6.45, 7) is 0.0534. The highest BCUT2D eigenvalue weighted by Gasteiger charge is 2.25. The second kappa shape index (κ2) is 8.33. The number of aromatic nitrogens is 2. The fourth-order valence-electron chi connectivity index (χ4n) is 4.68. The molecular formula is C26H22N4O2S. The van der Waals surface area contributed by atoms with Crippen molar-refractivity contribution >= 4 is 28.6 Å². The van der Waals surface area contributed by atoms with Gasteiger partial charge in [0.15, 0.2) is 11.4 Å². The van der Waals surface area contributed by atoms with Crippen LogP contribution in [0.2, 0.25) is 0 Å². The fourth-order valence-corrected chi connectivity index (χ4v) is 5.65. The minimum absolute atomic E-state index is 0.0534. The van der Waals surface area contributed by atoms with Crippen molar-refractivity contribution < 1.29 is 9.53 Å². The van der Waals surface area contributed by atoms with Gasteiger partial charge in [-0.25, -0.2) is 4.99 Å². The molecule has 0 spiro atoms. The number of nitrogens with zero attached hydrogens (tertiary/aromatic N) is 3. The van der Waals surface area contributed by atoms with Crippen molar-refractivity contribution in [2.45, 2.75) is 25.3 Å². The maximum atomic E-state index is 11.9. The summed E-state index contributed by atoms with van der Waals surface area (Å²) in [7, 11) is 0. The highest BCUT2D eigenvalue weighted by molar-refractivity contribution is 7.07. The number of aryl methyl sites for hydroxylation is 1. The largest absolute Gasteiger partial charge is 0.482 e. The molecule has 1 aliphatic heterocycles. The lowest BCUT2D eigenvalue weighted by Gasteiger charge is -2.28. The Morgan fingerprint density at radius 3 is 3.00 bits per heavy atom. The summed E-state index contributed by atoms with van der Waals surface area (Å²) in [6.07, 6.45) is 6.82. The summed E-state index contributed by atoms with van der Waals surface area (Å²) >= 11 is 1.62. The number of thiazole rings is 1. The van der Waals surface area contributed by atoms with Gasteiger partial charge in [-0.2, -0.15) is 0 Å². The zero-order valence-corrected chi connectivity index (χ0v) is 18.7. The lowest BCUT2D eigenvalue weighted by molar-refractivity contribution is -0.118. The summed E-state index contributed by atoms with van der Waals surface area (Å²) in [5.41, 5.74) is 6.38. The highest BCUT2D eigenvalue weighted by atomic mass is 32.1. The molecule has 6 nitrogen and oxygen atoms in total. The van der Waals surface area contributed by atoms with E-state index < -0.39 is 0 Å². The average Bonchev–Trinajstić information content (AvgIpc) is 3.27. The number of nitrogens with one attached hydrogen (secondary N) is 1. The standard InChI is InChI=1S/C26H22N4O2S/c31-25-15-32-24-11-10-18(13-21(24)29-25)23-16-33-26(28-19-7-4-12-27-14-19)30(23)22-9-3-6-17-5-1-2-8-20(17)22/h1-2,4-5,7-8,10-14,16,22H,3,6,9,15H2,(H,29,31). The smallest absolute Gasteiger partial charge is 0.262 e. The molecule has 0 fully saturated rings. The van der Waals surface area contributed by atoms with Crippen LogP contribution in [0.25, 0.3) is 11.3 Å². The first-order valence-electron chi connectivity index (χ1n) is 11.1. The van der Waals surface area contributed by atoms with Gasteiger partial charge in [0.1, 0.15) is 5.75 Å². The van der Waals surface area contributed by atoms with E-state index in [4.69, 9.17) is 9.73 Å². The van der Waals surface area contributed by atoms with Crippen LogP contribution in [0.15, 0.2) is 77.4 Å². The number of fused-ring (bicyclic) bond motifs is 2. The zero-order valence-electron chi connectivity index (χ0n) is 17.9. The molecule has 3 heterocycles. The number of carbonyl (C=O) groups is 1. The third kappa shape index (κ3) is 3.74. The number of hydrogen-bond donors (Lipinski definition) is 1. The third-order valence-corrected chi connectivity index (χ3v) is 7.01. The molecule has 1 N–H and O–H groups in total. The second-order valence-electron chi connectivity index (χ2n) is 8.25. The van der Waals surface area contributed by atoms with E-state index in [0.29, 0.717) is 11.4 Å². The molecule has 0 saturated carbocycles. The van der Waals surface area contributed by atoms with E-state index in [2.05, 4.69) is 50.6 Å². The van der Waals surface area contributed by atoms with Gasteiger partial charge in [-0.05, 0) is 60.7 Å². The number of carbonyl (C=O) groups excluding carboxylic acids is 1. The molecule has 6 rings (SSSR count). The van der Waals surface area contributed by atoms with Crippen molar-refractivity contribution in [3.05, 3.63) is 88.3 Å². The number of amides is 1. The van der Waals surface area contributed by atoms with Crippen molar-refractivity contribution in [1.82, 2.24) is 9.55 Å². The van der Waals surface area contributed by atoms with Crippen molar-refractivity contribution in [1.29, 1.82) is 0 Å². The van der Waals surface area contributed by atoms with Crippen molar-refractivity contribution in [2.24, 2.45) is 4.99 Å². The van der Waals surface area contributed by atoms with E-state index in [0.717, 1.165) is 41.0 Å². The summed E-state index contributed by atoms with van der Waals surface area (Å²) in [4.78, 5) is 22.0. The number of anilines is 1. The number of ether oxygens (including phenoxy) is 1. The quantitative estimate of drug-likeness (QED) is 0.468. The molecule has 164 valence electrons. The minimum atomic E-state index is -0.133. The van der Waals surface area contributed by atoms with Crippen LogP contribution in [0.3, 0.4) is 0 Å². The van der Waals surface area contributed by atoms with Crippen molar-refractivity contribution in [3.8, 4) is 17.0 Å². The molecule has 0 bridgehead atoms. The average molecular weight is 455 g/mol. The van der Waals surface area contributed by atoms with Crippen molar-refractivity contribution in [3.63, 3.8) is 0 Å². The van der Waals surface area contributed by atoms with E-state index in [1.807, 2.05) is 24.3 Å². The van der Waals surface area contributed by atoms with E-state index in [1.165, 1.54) is 11.1 Å². The molecule has 33 heavy (non-hydrogen) atoms. The summed E-state index contributed by atoms with van der Waals surface area (Å²) in [5.74, 6) is 0.565. The highest BCUT2D eigenvalue weighted by Crippen LogP contribution is 2.38. The maximum absolute atomic E-state index is 11.9. The molecule has 1 aliphatic carbocycles. The van der Waals surface area contributed by atoms with Crippen LogP contribution in [-0.4, -0.2) is 22.1 Å².